The number of hydrogen-bond acceptors (Lipinski definition) is 5. The van der Waals surface area contributed by atoms with E-state index in [1.54, 1.807) is 19.1 Å². The molecule has 0 aliphatic carbocycles. The zero-order valence-electron chi connectivity index (χ0n) is 16.9. The third kappa shape index (κ3) is 6.00. The maximum atomic E-state index is 12.6. The van der Waals surface area contributed by atoms with Crippen molar-refractivity contribution < 1.29 is 9.21 Å². The van der Waals surface area contributed by atoms with Gasteiger partial charge in [0.05, 0.1) is 11.3 Å². The minimum absolute atomic E-state index is 0.143. The second-order valence-corrected chi connectivity index (χ2v) is 9.27. The molecule has 1 N–H and O–H groups in total. The number of hydrogen-bond donors (Lipinski definition) is 1. The van der Waals surface area contributed by atoms with Gasteiger partial charge in [0.25, 0.3) is 5.22 Å². The molecule has 8 heteroatoms. The standard InChI is InChI=1S/C22H23Cl2N3O2S/c1-13(16-7-5-4-6-8-16)11-20-26-27-22(29-20)30-15(3)21(28)25-14(2)18-10-9-17(23)12-19(18)24/h4-10,12-15H,11H2,1-3H3,(H,25,28). The van der Waals surface area contributed by atoms with Gasteiger partial charge in [0.1, 0.15) is 0 Å². The summed E-state index contributed by atoms with van der Waals surface area (Å²) < 4.78 is 5.74. The van der Waals surface area contributed by atoms with Gasteiger partial charge in [-0.2, -0.15) is 0 Å². The Labute approximate surface area is 190 Å². The fourth-order valence-electron chi connectivity index (χ4n) is 3.00. The number of nitrogens with zero attached hydrogens (tertiary/aromatic N) is 2. The monoisotopic (exact) mass is 463 g/mol. The van der Waals surface area contributed by atoms with Crippen LogP contribution in [-0.4, -0.2) is 21.4 Å². The number of thioether (sulfide) groups is 1. The predicted molar refractivity (Wildman–Crippen MR) is 121 cm³/mol. The van der Waals surface area contributed by atoms with Gasteiger partial charge in [-0.05, 0) is 43.0 Å². The van der Waals surface area contributed by atoms with Crippen LogP contribution in [0.1, 0.15) is 49.7 Å². The number of benzene rings is 2. The lowest BCUT2D eigenvalue weighted by Gasteiger charge is -2.18. The van der Waals surface area contributed by atoms with E-state index >= 15 is 0 Å². The third-order valence-electron chi connectivity index (χ3n) is 4.73. The minimum atomic E-state index is -0.404. The lowest BCUT2D eigenvalue weighted by molar-refractivity contribution is -0.120. The van der Waals surface area contributed by atoms with Gasteiger partial charge in [-0.15, -0.1) is 10.2 Å². The Morgan fingerprint density at radius 2 is 1.83 bits per heavy atom. The van der Waals surface area contributed by atoms with Crippen molar-refractivity contribution in [2.75, 3.05) is 0 Å². The number of amides is 1. The number of aromatic nitrogens is 2. The molecule has 0 aliphatic heterocycles. The summed E-state index contributed by atoms with van der Waals surface area (Å²) in [6.07, 6.45) is 0.643. The fraction of sp³-hybridized carbons (Fsp3) is 0.318. The van der Waals surface area contributed by atoms with Crippen molar-refractivity contribution in [1.82, 2.24) is 15.5 Å². The summed E-state index contributed by atoms with van der Waals surface area (Å²) in [7, 11) is 0. The molecule has 1 heterocycles. The fourth-order valence-corrected chi connectivity index (χ4v) is 4.28. The van der Waals surface area contributed by atoms with Crippen LogP contribution < -0.4 is 5.32 Å². The molecule has 3 atom stereocenters. The Kier molecular flexibility index (Phi) is 7.81. The Morgan fingerprint density at radius 3 is 2.53 bits per heavy atom. The first-order chi connectivity index (χ1) is 14.3. The summed E-state index contributed by atoms with van der Waals surface area (Å²) in [4.78, 5) is 12.6. The van der Waals surface area contributed by atoms with Crippen molar-refractivity contribution in [3.63, 3.8) is 0 Å². The molecule has 0 spiro atoms. The van der Waals surface area contributed by atoms with Gasteiger partial charge >= 0.3 is 0 Å². The number of halogens is 2. The largest absolute Gasteiger partial charge is 0.416 e. The van der Waals surface area contributed by atoms with Crippen LogP contribution in [0.3, 0.4) is 0 Å². The van der Waals surface area contributed by atoms with Crippen molar-refractivity contribution in [3.8, 4) is 0 Å². The summed E-state index contributed by atoms with van der Waals surface area (Å²) in [5.41, 5.74) is 2.02. The predicted octanol–water partition coefficient (Wildman–Crippen LogP) is 6.08. The highest BCUT2D eigenvalue weighted by Crippen LogP contribution is 2.28. The van der Waals surface area contributed by atoms with Crippen LogP contribution in [0, 0.1) is 0 Å². The Morgan fingerprint density at radius 1 is 1.10 bits per heavy atom. The van der Waals surface area contributed by atoms with Crippen molar-refractivity contribution in [1.29, 1.82) is 0 Å². The van der Waals surface area contributed by atoms with Crippen molar-refractivity contribution in [3.05, 3.63) is 75.6 Å². The van der Waals surface area contributed by atoms with Crippen LogP contribution in [0.5, 0.6) is 0 Å². The van der Waals surface area contributed by atoms with E-state index in [0.717, 1.165) is 5.56 Å². The topological polar surface area (TPSA) is 68.0 Å². The van der Waals surface area contributed by atoms with E-state index in [-0.39, 0.29) is 17.9 Å². The Balaban J connectivity index is 1.55. The first kappa shape index (κ1) is 22.7. The van der Waals surface area contributed by atoms with Crippen LogP contribution in [-0.2, 0) is 11.2 Å². The molecule has 2 aromatic carbocycles. The number of carbonyl (C=O) groups excluding carboxylic acids is 1. The summed E-state index contributed by atoms with van der Waals surface area (Å²) in [6, 6.07) is 15.1. The van der Waals surface area contributed by atoms with E-state index in [0.29, 0.717) is 27.6 Å². The third-order valence-corrected chi connectivity index (χ3v) is 6.23. The minimum Gasteiger partial charge on any atom is -0.416 e. The molecule has 0 saturated heterocycles. The molecule has 3 aromatic rings. The van der Waals surface area contributed by atoms with Gasteiger partial charge in [0, 0.05) is 16.5 Å². The Hall–Kier alpha value is -2.02. The van der Waals surface area contributed by atoms with E-state index in [9.17, 15) is 4.79 Å². The molecule has 5 nitrogen and oxygen atoms in total. The molecule has 30 heavy (non-hydrogen) atoms. The molecular weight excluding hydrogens is 441 g/mol. The lowest BCUT2D eigenvalue weighted by atomic mass is 9.98. The molecule has 1 amide bonds. The highest BCUT2D eigenvalue weighted by atomic mass is 35.5. The van der Waals surface area contributed by atoms with Gasteiger partial charge in [-0.25, -0.2) is 0 Å². The second kappa shape index (κ2) is 10.3. The quantitative estimate of drug-likeness (QED) is 0.409. The molecule has 0 radical (unpaired) electrons. The first-order valence-corrected chi connectivity index (χ1v) is 11.3. The smallest absolute Gasteiger partial charge is 0.277 e. The van der Waals surface area contributed by atoms with E-state index in [4.69, 9.17) is 27.6 Å². The average molecular weight is 464 g/mol. The summed E-state index contributed by atoms with van der Waals surface area (Å²) in [6.45, 7) is 5.79. The molecular formula is C22H23Cl2N3O2S. The number of rotatable bonds is 8. The first-order valence-electron chi connectivity index (χ1n) is 9.62. The summed E-state index contributed by atoms with van der Waals surface area (Å²) in [5, 5.41) is 12.2. The maximum Gasteiger partial charge on any atom is 0.277 e. The zero-order valence-corrected chi connectivity index (χ0v) is 19.3. The molecule has 0 bridgehead atoms. The van der Waals surface area contributed by atoms with Crippen molar-refractivity contribution in [2.24, 2.45) is 0 Å². The van der Waals surface area contributed by atoms with Gasteiger partial charge in [-0.1, -0.05) is 78.3 Å². The molecule has 1 aromatic heterocycles. The van der Waals surface area contributed by atoms with Crippen LogP contribution in [0.2, 0.25) is 10.0 Å². The van der Waals surface area contributed by atoms with E-state index in [2.05, 4.69) is 34.6 Å². The van der Waals surface area contributed by atoms with E-state index < -0.39 is 5.25 Å². The SMILES string of the molecule is CC(Sc1nnc(CC(C)c2ccccc2)o1)C(=O)NC(C)c1ccc(Cl)cc1Cl. The van der Waals surface area contributed by atoms with Crippen molar-refractivity contribution >= 4 is 40.9 Å². The van der Waals surface area contributed by atoms with Gasteiger partial charge < -0.3 is 9.73 Å². The number of carbonyl (C=O) groups is 1. The zero-order chi connectivity index (χ0) is 21.7. The van der Waals surface area contributed by atoms with Gasteiger partial charge in [0.2, 0.25) is 11.8 Å². The highest BCUT2D eigenvalue weighted by Gasteiger charge is 2.21. The molecule has 158 valence electrons. The van der Waals surface area contributed by atoms with Crippen LogP contribution in [0.15, 0.2) is 58.2 Å². The molecule has 0 saturated carbocycles. The average Bonchev–Trinajstić information content (AvgIpc) is 3.15. The van der Waals surface area contributed by atoms with E-state index in [1.807, 2.05) is 31.2 Å². The van der Waals surface area contributed by atoms with Crippen molar-refractivity contribution in [2.45, 2.75) is 49.6 Å². The van der Waals surface area contributed by atoms with Gasteiger partial charge in [0.15, 0.2) is 0 Å². The van der Waals surface area contributed by atoms with Crippen LogP contribution >= 0.6 is 35.0 Å². The highest BCUT2D eigenvalue weighted by molar-refractivity contribution is 8.00. The van der Waals surface area contributed by atoms with E-state index in [1.165, 1.54) is 17.3 Å². The lowest BCUT2D eigenvalue weighted by Crippen LogP contribution is -2.33. The van der Waals surface area contributed by atoms with Gasteiger partial charge in [-0.3, -0.25) is 4.79 Å². The second-order valence-electron chi connectivity index (χ2n) is 7.13. The molecule has 3 rings (SSSR count). The molecule has 3 unspecified atom stereocenters. The normalized spacial score (nSPS) is 14.2. The summed E-state index contributed by atoms with van der Waals surface area (Å²) >= 11 is 13.4. The molecule has 0 aliphatic rings. The Bertz CT molecular complexity index is 997. The number of nitrogens with one attached hydrogen (secondary N) is 1. The molecule has 0 fully saturated rings. The maximum absolute atomic E-state index is 12.6. The summed E-state index contributed by atoms with van der Waals surface area (Å²) in [5.74, 6) is 0.675. The van der Waals surface area contributed by atoms with Crippen LogP contribution in [0.4, 0.5) is 0 Å². The van der Waals surface area contributed by atoms with Crippen LogP contribution in [0.25, 0.3) is 0 Å².